The fraction of sp³-hybridized carbons (Fsp3) is 0.391. The third kappa shape index (κ3) is 3.94. The van der Waals surface area contributed by atoms with E-state index in [0.717, 1.165) is 19.3 Å². The summed E-state index contributed by atoms with van der Waals surface area (Å²) in [6, 6.07) is 14.1. The summed E-state index contributed by atoms with van der Waals surface area (Å²) in [6.07, 6.45) is 2.56. The van der Waals surface area contributed by atoms with Crippen molar-refractivity contribution in [2.75, 3.05) is 13.2 Å². The molecule has 4 aliphatic rings. The van der Waals surface area contributed by atoms with Gasteiger partial charge in [-0.05, 0) is 67.8 Å². The van der Waals surface area contributed by atoms with E-state index >= 15 is 0 Å². The number of carbonyl (C=O) groups excluding carboxylic acids is 2. The van der Waals surface area contributed by atoms with E-state index in [2.05, 4.69) is 5.32 Å². The van der Waals surface area contributed by atoms with Crippen LogP contribution in [-0.4, -0.2) is 47.0 Å². The molecule has 4 fully saturated rings. The third-order valence-electron chi connectivity index (χ3n) is 6.37. The van der Waals surface area contributed by atoms with Crippen LogP contribution in [-0.2, 0) is 9.59 Å². The largest absolute Gasteiger partial charge is 0.488 e. The van der Waals surface area contributed by atoms with E-state index in [1.807, 2.05) is 17.0 Å². The molecule has 3 saturated carbocycles. The summed E-state index contributed by atoms with van der Waals surface area (Å²) < 4.78 is 11.5. The summed E-state index contributed by atoms with van der Waals surface area (Å²) >= 11 is 11.8. The second kappa shape index (κ2) is 7.61. The zero-order chi connectivity index (χ0) is 21.6. The zero-order valence-electron chi connectivity index (χ0n) is 16.8. The fourth-order valence-electron chi connectivity index (χ4n) is 5.08. The van der Waals surface area contributed by atoms with E-state index in [4.69, 9.17) is 32.7 Å². The highest BCUT2D eigenvalue weighted by Crippen LogP contribution is 2.64. The number of nitrogens with one attached hydrogen (secondary N) is 1. The minimum absolute atomic E-state index is 0.0456. The predicted molar refractivity (Wildman–Crippen MR) is 117 cm³/mol. The van der Waals surface area contributed by atoms with Crippen LogP contribution < -0.4 is 14.8 Å². The Morgan fingerprint density at radius 2 is 1.58 bits per heavy atom. The standard InChI is InChI=1S/C23H22Cl2N2O4/c24-15-1-5-17(6-2-15)30-11-20(28)26-22-12-23(13-22,14-22)27-10-19(9-21(27)29)31-18-7-3-16(25)4-8-18/h1-8,19H,9-14H2,(H,26,28). The molecule has 1 unspecified atom stereocenters. The van der Waals surface area contributed by atoms with Crippen LogP contribution >= 0.6 is 23.2 Å². The molecule has 1 aliphatic heterocycles. The molecule has 1 N–H and O–H groups in total. The summed E-state index contributed by atoms with van der Waals surface area (Å²) in [4.78, 5) is 26.9. The lowest BCUT2D eigenvalue weighted by molar-refractivity contribution is -0.187. The molecular formula is C23H22Cl2N2O4. The van der Waals surface area contributed by atoms with Gasteiger partial charge in [0.25, 0.3) is 5.91 Å². The van der Waals surface area contributed by atoms with Gasteiger partial charge < -0.3 is 19.7 Å². The van der Waals surface area contributed by atoms with Crippen molar-refractivity contribution < 1.29 is 19.1 Å². The normalized spacial score (nSPS) is 28.5. The van der Waals surface area contributed by atoms with Crippen LogP contribution in [0.1, 0.15) is 25.7 Å². The quantitative estimate of drug-likeness (QED) is 0.681. The number of halogens is 2. The summed E-state index contributed by atoms with van der Waals surface area (Å²) in [5, 5.41) is 4.36. The van der Waals surface area contributed by atoms with E-state index in [9.17, 15) is 9.59 Å². The van der Waals surface area contributed by atoms with Crippen molar-refractivity contribution in [2.45, 2.75) is 42.9 Å². The molecule has 1 heterocycles. The number of carbonyl (C=O) groups is 2. The maximum absolute atomic E-state index is 12.6. The van der Waals surface area contributed by atoms with Gasteiger partial charge in [0.1, 0.15) is 17.6 Å². The highest BCUT2D eigenvalue weighted by atomic mass is 35.5. The molecule has 2 aromatic rings. The number of benzene rings is 2. The Balaban J connectivity index is 1.10. The molecule has 31 heavy (non-hydrogen) atoms. The van der Waals surface area contributed by atoms with Gasteiger partial charge in [-0.25, -0.2) is 0 Å². The van der Waals surface area contributed by atoms with Gasteiger partial charge in [-0.15, -0.1) is 0 Å². The third-order valence-corrected chi connectivity index (χ3v) is 6.87. The Morgan fingerprint density at radius 3 is 2.19 bits per heavy atom. The van der Waals surface area contributed by atoms with E-state index in [-0.39, 0.29) is 35.6 Å². The molecule has 6 nitrogen and oxygen atoms in total. The Hall–Kier alpha value is -2.44. The van der Waals surface area contributed by atoms with Crippen LogP contribution in [0.5, 0.6) is 11.5 Å². The van der Waals surface area contributed by atoms with Crippen LogP contribution in [0, 0.1) is 0 Å². The second-order valence-corrected chi connectivity index (χ2v) is 9.60. The van der Waals surface area contributed by atoms with Crippen molar-refractivity contribution in [3.63, 3.8) is 0 Å². The number of hydrogen-bond acceptors (Lipinski definition) is 4. The molecule has 0 radical (unpaired) electrons. The predicted octanol–water partition coefficient (Wildman–Crippen LogP) is 3.84. The van der Waals surface area contributed by atoms with Gasteiger partial charge in [0.2, 0.25) is 5.91 Å². The second-order valence-electron chi connectivity index (χ2n) is 8.73. The summed E-state index contributed by atoms with van der Waals surface area (Å²) in [6.45, 7) is 0.529. The zero-order valence-corrected chi connectivity index (χ0v) is 18.3. The summed E-state index contributed by atoms with van der Waals surface area (Å²) in [5.74, 6) is 1.28. The number of likely N-dealkylation sites (tertiary alicyclic amines) is 1. The first-order valence-corrected chi connectivity index (χ1v) is 11.0. The number of hydrogen-bond donors (Lipinski definition) is 1. The van der Waals surface area contributed by atoms with Gasteiger partial charge in [-0.2, -0.15) is 0 Å². The van der Waals surface area contributed by atoms with E-state index in [0.29, 0.717) is 34.5 Å². The molecule has 2 aromatic carbocycles. The van der Waals surface area contributed by atoms with Gasteiger partial charge in [0.05, 0.1) is 13.0 Å². The molecule has 3 aliphatic carbocycles. The Kier molecular flexibility index (Phi) is 5.02. The van der Waals surface area contributed by atoms with Crippen molar-refractivity contribution in [1.82, 2.24) is 10.2 Å². The van der Waals surface area contributed by atoms with Gasteiger partial charge in [-0.3, -0.25) is 9.59 Å². The van der Waals surface area contributed by atoms with E-state index < -0.39 is 0 Å². The number of rotatable bonds is 7. The minimum atomic E-state index is -0.212. The highest BCUT2D eigenvalue weighted by molar-refractivity contribution is 6.30. The van der Waals surface area contributed by atoms with Crippen LogP contribution in [0.3, 0.4) is 0 Å². The first-order valence-electron chi connectivity index (χ1n) is 10.3. The SMILES string of the molecule is O=C(COc1ccc(Cl)cc1)NC12CC(N3CC(Oc4ccc(Cl)cc4)CC3=O)(C1)C2. The van der Waals surface area contributed by atoms with Crippen molar-refractivity contribution in [3.05, 3.63) is 58.6 Å². The lowest BCUT2D eigenvalue weighted by Gasteiger charge is -2.73. The van der Waals surface area contributed by atoms with Crippen LogP contribution in [0.25, 0.3) is 0 Å². The van der Waals surface area contributed by atoms with Crippen molar-refractivity contribution in [3.8, 4) is 11.5 Å². The first kappa shape index (κ1) is 20.5. The Bertz CT molecular complexity index is 989. The maximum atomic E-state index is 12.6. The van der Waals surface area contributed by atoms with Gasteiger partial charge >= 0.3 is 0 Å². The van der Waals surface area contributed by atoms with Gasteiger partial charge in [0.15, 0.2) is 6.61 Å². The summed E-state index contributed by atoms with van der Waals surface area (Å²) in [7, 11) is 0. The summed E-state index contributed by atoms with van der Waals surface area (Å²) in [5.41, 5.74) is -0.352. The number of amides is 2. The lowest BCUT2D eigenvalue weighted by Crippen LogP contribution is -2.84. The van der Waals surface area contributed by atoms with E-state index in [1.165, 1.54) is 0 Å². The molecule has 1 atom stereocenters. The van der Waals surface area contributed by atoms with Gasteiger partial charge in [-0.1, -0.05) is 23.2 Å². The fourth-order valence-corrected chi connectivity index (χ4v) is 5.33. The van der Waals surface area contributed by atoms with Crippen molar-refractivity contribution >= 4 is 35.0 Å². The molecular weight excluding hydrogens is 439 g/mol. The molecule has 0 aromatic heterocycles. The van der Waals surface area contributed by atoms with Gasteiger partial charge in [0, 0.05) is 21.1 Å². The Morgan fingerprint density at radius 1 is 1.00 bits per heavy atom. The maximum Gasteiger partial charge on any atom is 0.258 e. The molecule has 1 saturated heterocycles. The van der Waals surface area contributed by atoms with Crippen molar-refractivity contribution in [1.29, 1.82) is 0 Å². The monoisotopic (exact) mass is 460 g/mol. The first-order chi connectivity index (χ1) is 14.8. The minimum Gasteiger partial charge on any atom is -0.488 e. The highest BCUT2D eigenvalue weighted by Gasteiger charge is 2.72. The molecule has 162 valence electrons. The Labute approximate surface area is 190 Å². The molecule has 2 bridgehead atoms. The lowest BCUT2D eigenvalue weighted by atomic mass is 9.43. The van der Waals surface area contributed by atoms with E-state index in [1.54, 1.807) is 36.4 Å². The average Bonchev–Trinajstić information content (AvgIpc) is 3.05. The van der Waals surface area contributed by atoms with Crippen LogP contribution in [0.15, 0.2) is 48.5 Å². The molecule has 2 amide bonds. The average molecular weight is 461 g/mol. The van der Waals surface area contributed by atoms with Crippen molar-refractivity contribution in [2.24, 2.45) is 0 Å². The molecule has 0 spiro atoms. The topological polar surface area (TPSA) is 67.9 Å². The molecule has 6 rings (SSSR count). The molecule has 8 heteroatoms. The number of nitrogens with zero attached hydrogens (tertiary/aromatic N) is 1. The smallest absolute Gasteiger partial charge is 0.258 e. The number of ether oxygens (including phenoxy) is 2. The van der Waals surface area contributed by atoms with Crippen LogP contribution in [0.2, 0.25) is 10.0 Å². The van der Waals surface area contributed by atoms with Crippen LogP contribution in [0.4, 0.5) is 0 Å².